The Bertz CT molecular complexity index is 1920. The maximum Gasteiger partial charge on any atom is 0.294 e. The first-order chi connectivity index (χ1) is 19.2. The summed E-state index contributed by atoms with van der Waals surface area (Å²) in [5.74, 6) is 5.31. The van der Waals surface area contributed by atoms with Crippen LogP contribution in [0.15, 0.2) is 108 Å². The molecule has 0 saturated heterocycles. The average molecular weight is 526 g/mol. The fraction of sp³-hybridized carbons (Fsp3) is 0.0938. The highest BCUT2D eigenvalue weighted by atomic mass is 32.1. The Morgan fingerprint density at radius 3 is 2.26 bits per heavy atom. The van der Waals surface area contributed by atoms with E-state index < -0.39 is 5.79 Å². The molecule has 1 atom stereocenters. The summed E-state index contributed by atoms with van der Waals surface area (Å²) in [6.45, 7) is 0. The van der Waals surface area contributed by atoms with Crippen molar-refractivity contribution in [1.29, 1.82) is 5.26 Å². The summed E-state index contributed by atoms with van der Waals surface area (Å²) in [4.78, 5) is 14.6. The van der Waals surface area contributed by atoms with Crippen LogP contribution in [0.5, 0.6) is 0 Å². The standard InChI is InChI=1S/C32H23N5OS/c33-20-21-14-16-23(17-15-21)37(34)32(35-38,22-8-2-1-3-9-22)36-28-12-6-4-10-24(28)26-18-19-27-25-11-5-7-13-29(25)39-31(27)30(26)36/h1-17H,18-19,34H2. The molecule has 0 fully saturated rings. The van der Waals surface area contributed by atoms with Crippen molar-refractivity contribution in [1.82, 2.24) is 4.57 Å². The Balaban J connectivity index is 1.61. The van der Waals surface area contributed by atoms with Gasteiger partial charge in [-0.3, -0.25) is 9.58 Å². The number of hydrazine groups is 1. The van der Waals surface area contributed by atoms with Crippen molar-refractivity contribution in [2.75, 3.05) is 5.01 Å². The van der Waals surface area contributed by atoms with Crippen LogP contribution in [0, 0.1) is 16.2 Å². The molecule has 7 heteroatoms. The third kappa shape index (κ3) is 3.29. The van der Waals surface area contributed by atoms with Crippen LogP contribution in [0.1, 0.15) is 22.3 Å². The molecule has 2 aromatic heterocycles. The maximum absolute atomic E-state index is 13.4. The summed E-state index contributed by atoms with van der Waals surface area (Å²) >= 11 is 1.75. The van der Waals surface area contributed by atoms with Gasteiger partial charge in [-0.2, -0.15) is 5.26 Å². The lowest BCUT2D eigenvalue weighted by atomic mass is 9.92. The largest absolute Gasteiger partial charge is 0.294 e. The molecule has 0 radical (unpaired) electrons. The van der Waals surface area contributed by atoms with Gasteiger partial charge in [0.05, 0.1) is 33.4 Å². The number of aryl methyl sites for hydroxylation is 2. The summed E-state index contributed by atoms with van der Waals surface area (Å²) in [6, 6.07) is 35.2. The van der Waals surface area contributed by atoms with Gasteiger partial charge in [-0.25, -0.2) is 5.84 Å². The number of benzene rings is 4. The Morgan fingerprint density at radius 1 is 0.846 bits per heavy atom. The Labute approximate surface area is 229 Å². The van der Waals surface area contributed by atoms with Crippen LogP contribution in [-0.2, 0) is 18.6 Å². The molecule has 0 amide bonds. The van der Waals surface area contributed by atoms with Crippen LogP contribution >= 0.6 is 11.3 Å². The van der Waals surface area contributed by atoms with Gasteiger partial charge in [0.1, 0.15) is 0 Å². The van der Waals surface area contributed by atoms with Crippen molar-refractivity contribution >= 4 is 38.0 Å². The minimum atomic E-state index is -1.65. The minimum absolute atomic E-state index is 0.509. The van der Waals surface area contributed by atoms with E-state index in [0.29, 0.717) is 16.8 Å². The van der Waals surface area contributed by atoms with E-state index >= 15 is 0 Å². The van der Waals surface area contributed by atoms with Crippen molar-refractivity contribution < 1.29 is 0 Å². The van der Waals surface area contributed by atoms with Gasteiger partial charge in [0.2, 0.25) is 0 Å². The van der Waals surface area contributed by atoms with Gasteiger partial charge >= 0.3 is 0 Å². The van der Waals surface area contributed by atoms with E-state index in [0.717, 1.165) is 34.3 Å². The van der Waals surface area contributed by atoms with E-state index in [9.17, 15) is 10.2 Å². The van der Waals surface area contributed by atoms with Crippen LogP contribution in [0.25, 0.3) is 31.6 Å². The number of fused-ring (bicyclic) bond motifs is 7. The number of rotatable bonds is 5. The molecule has 0 spiro atoms. The number of nitriles is 1. The lowest BCUT2D eigenvalue weighted by Crippen LogP contribution is -2.54. The van der Waals surface area contributed by atoms with E-state index in [1.54, 1.807) is 35.6 Å². The molecule has 2 N–H and O–H groups in total. The number of thiophene rings is 1. The van der Waals surface area contributed by atoms with Crippen molar-refractivity contribution in [2.45, 2.75) is 18.6 Å². The molecular formula is C32H23N5OS. The fourth-order valence-corrected chi connectivity index (χ4v) is 7.28. The second-order valence-electron chi connectivity index (χ2n) is 9.71. The SMILES string of the molecule is N#Cc1ccc(N(N)C(N=O)(c2ccccc2)n2c3c(c4ccccc42)CCc2c-3sc3ccccc23)cc1. The third-order valence-corrected chi connectivity index (χ3v) is 8.95. The lowest BCUT2D eigenvalue weighted by Gasteiger charge is -2.39. The quantitative estimate of drug-likeness (QED) is 0.145. The highest BCUT2D eigenvalue weighted by molar-refractivity contribution is 7.22. The number of aromatic nitrogens is 1. The molecule has 4 aromatic carbocycles. The number of nitrogens with zero attached hydrogens (tertiary/aromatic N) is 4. The molecule has 6 nitrogen and oxygen atoms in total. The summed E-state index contributed by atoms with van der Waals surface area (Å²) in [7, 11) is 0. The van der Waals surface area contributed by atoms with Crippen molar-refractivity contribution in [3.8, 4) is 16.6 Å². The van der Waals surface area contributed by atoms with Crippen LogP contribution in [0.3, 0.4) is 0 Å². The summed E-state index contributed by atoms with van der Waals surface area (Å²) in [5.41, 5.74) is 6.07. The van der Waals surface area contributed by atoms with Crippen LogP contribution in [0.2, 0.25) is 0 Å². The van der Waals surface area contributed by atoms with Crippen LogP contribution < -0.4 is 10.9 Å². The van der Waals surface area contributed by atoms with Crippen LogP contribution in [-0.4, -0.2) is 4.57 Å². The highest BCUT2D eigenvalue weighted by Crippen LogP contribution is 2.50. The molecule has 0 aliphatic heterocycles. The number of nitrogens with two attached hydrogens (primary N) is 1. The van der Waals surface area contributed by atoms with E-state index in [1.807, 2.05) is 53.1 Å². The van der Waals surface area contributed by atoms with E-state index in [4.69, 9.17) is 5.84 Å². The summed E-state index contributed by atoms with van der Waals surface area (Å²) < 4.78 is 3.25. The first-order valence-electron chi connectivity index (χ1n) is 12.8. The van der Waals surface area contributed by atoms with Gasteiger partial charge in [-0.1, -0.05) is 66.7 Å². The van der Waals surface area contributed by atoms with Gasteiger partial charge in [-0.15, -0.1) is 16.2 Å². The molecule has 7 rings (SSSR count). The van der Waals surface area contributed by atoms with Gasteiger partial charge in [0.15, 0.2) is 0 Å². The zero-order valence-corrected chi connectivity index (χ0v) is 21.7. The molecule has 0 saturated carbocycles. The molecule has 188 valence electrons. The van der Waals surface area contributed by atoms with E-state index in [2.05, 4.69) is 41.6 Å². The summed E-state index contributed by atoms with van der Waals surface area (Å²) in [5, 5.41) is 17.0. The zero-order valence-electron chi connectivity index (χ0n) is 20.9. The zero-order chi connectivity index (χ0) is 26.6. The van der Waals surface area contributed by atoms with Gasteiger partial charge < -0.3 is 0 Å². The molecule has 2 heterocycles. The van der Waals surface area contributed by atoms with Crippen molar-refractivity contribution in [2.24, 2.45) is 11.0 Å². The second-order valence-corrected chi connectivity index (χ2v) is 10.8. The van der Waals surface area contributed by atoms with E-state index in [-0.39, 0.29) is 0 Å². The minimum Gasteiger partial charge on any atom is -0.289 e. The third-order valence-electron chi connectivity index (χ3n) is 7.73. The fourth-order valence-electron chi connectivity index (χ4n) is 5.96. The van der Waals surface area contributed by atoms with Gasteiger partial charge in [0.25, 0.3) is 5.79 Å². The number of hydrogen-bond donors (Lipinski definition) is 1. The molecule has 39 heavy (non-hydrogen) atoms. The molecule has 6 aromatic rings. The average Bonchev–Trinajstić information content (AvgIpc) is 3.55. The summed E-state index contributed by atoms with van der Waals surface area (Å²) in [6.07, 6.45) is 1.77. The molecule has 0 bridgehead atoms. The Hall–Kier alpha value is -4.77. The molecule has 1 aliphatic carbocycles. The number of hydrogen-bond acceptors (Lipinski definition) is 6. The predicted molar refractivity (Wildman–Crippen MR) is 157 cm³/mol. The normalized spacial score (nSPS) is 13.8. The monoisotopic (exact) mass is 525 g/mol. The van der Waals surface area contributed by atoms with Crippen molar-refractivity contribution in [3.63, 3.8) is 0 Å². The number of nitroso groups, excluding NO2 is 1. The number of para-hydroxylation sites is 1. The van der Waals surface area contributed by atoms with Gasteiger partial charge in [-0.05, 0) is 70.9 Å². The van der Waals surface area contributed by atoms with Gasteiger partial charge in [0, 0.05) is 15.6 Å². The Kier molecular flexibility index (Phi) is 5.34. The maximum atomic E-state index is 13.4. The number of anilines is 1. The molecular weight excluding hydrogens is 502 g/mol. The topological polar surface area (TPSA) is 87.4 Å². The molecule has 1 aliphatic rings. The first kappa shape index (κ1) is 23.4. The van der Waals surface area contributed by atoms with Crippen molar-refractivity contribution in [3.05, 3.63) is 130 Å². The highest BCUT2D eigenvalue weighted by Gasteiger charge is 2.46. The molecule has 1 unspecified atom stereocenters. The van der Waals surface area contributed by atoms with E-state index in [1.165, 1.54) is 26.2 Å². The second kappa shape index (κ2) is 8.91. The lowest BCUT2D eigenvalue weighted by molar-refractivity contribution is 0.362. The Morgan fingerprint density at radius 2 is 1.51 bits per heavy atom. The smallest absolute Gasteiger partial charge is 0.289 e. The predicted octanol–water partition coefficient (Wildman–Crippen LogP) is 7.30. The van der Waals surface area contributed by atoms with Crippen LogP contribution in [0.4, 0.5) is 5.69 Å². The first-order valence-corrected chi connectivity index (χ1v) is 13.6.